The van der Waals surface area contributed by atoms with E-state index < -0.39 is 5.60 Å². The van der Waals surface area contributed by atoms with Gasteiger partial charge in [0.05, 0.1) is 11.7 Å². The standard InChI is InChI=1S/C15H26O2/c1-4-11-14(16)12-9-7-5-6-8-10-13-15(2,3)17/h4-5,7,10-11,13-14,16-17H,6,8-9,12H2,1-3H3. The van der Waals surface area contributed by atoms with Crippen LogP contribution in [0.4, 0.5) is 0 Å². The van der Waals surface area contributed by atoms with Crippen LogP contribution in [0.25, 0.3) is 0 Å². The van der Waals surface area contributed by atoms with Crippen molar-refractivity contribution in [1.29, 1.82) is 0 Å². The number of allylic oxidation sites excluding steroid dienone is 4. The molecule has 0 aromatic carbocycles. The Bertz CT molecular complexity index is 257. The van der Waals surface area contributed by atoms with Gasteiger partial charge in [0.25, 0.3) is 0 Å². The first-order valence-electron chi connectivity index (χ1n) is 6.31. The van der Waals surface area contributed by atoms with Gasteiger partial charge in [-0.05, 0) is 46.5 Å². The average Bonchev–Trinajstić information content (AvgIpc) is 2.21. The van der Waals surface area contributed by atoms with Crippen molar-refractivity contribution in [3.05, 3.63) is 36.5 Å². The molecule has 0 spiro atoms. The highest BCUT2D eigenvalue weighted by Crippen LogP contribution is 2.05. The molecule has 0 rings (SSSR count). The third-order valence-electron chi connectivity index (χ3n) is 2.24. The summed E-state index contributed by atoms with van der Waals surface area (Å²) in [5.74, 6) is 0. The maximum Gasteiger partial charge on any atom is 0.0771 e. The van der Waals surface area contributed by atoms with E-state index >= 15 is 0 Å². The highest BCUT2D eigenvalue weighted by molar-refractivity contribution is 4.96. The fourth-order valence-electron chi connectivity index (χ4n) is 1.39. The molecule has 2 N–H and O–H groups in total. The predicted octanol–water partition coefficient (Wildman–Crippen LogP) is 3.37. The smallest absolute Gasteiger partial charge is 0.0771 e. The molecule has 0 fully saturated rings. The van der Waals surface area contributed by atoms with E-state index in [-0.39, 0.29) is 6.10 Å². The Morgan fingerprint density at radius 2 is 1.65 bits per heavy atom. The Morgan fingerprint density at radius 3 is 2.24 bits per heavy atom. The number of aliphatic hydroxyl groups excluding tert-OH is 1. The van der Waals surface area contributed by atoms with Crippen molar-refractivity contribution >= 4 is 0 Å². The molecule has 0 aromatic rings. The molecule has 0 bridgehead atoms. The molecule has 0 amide bonds. The number of hydrogen-bond acceptors (Lipinski definition) is 2. The van der Waals surface area contributed by atoms with Crippen molar-refractivity contribution in [1.82, 2.24) is 0 Å². The van der Waals surface area contributed by atoms with Crippen molar-refractivity contribution in [2.24, 2.45) is 0 Å². The minimum atomic E-state index is -0.708. The lowest BCUT2D eigenvalue weighted by molar-refractivity contribution is 0.133. The molecular formula is C15H26O2. The molecule has 2 nitrogen and oxygen atoms in total. The lowest BCUT2D eigenvalue weighted by Gasteiger charge is -2.09. The van der Waals surface area contributed by atoms with Crippen LogP contribution in [-0.2, 0) is 0 Å². The fourth-order valence-corrected chi connectivity index (χ4v) is 1.39. The van der Waals surface area contributed by atoms with Crippen LogP contribution in [-0.4, -0.2) is 21.9 Å². The summed E-state index contributed by atoms with van der Waals surface area (Å²) >= 11 is 0. The van der Waals surface area contributed by atoms with Gasteiger partial charge in [-0.2, -0.15) is 0 Å². The fraction of sp³-hybridized carbons (Fsp3) is 0.600. The highest BCUT2D eigenvalue weighted by Gasteiger charge is 2.04. The van der Waals surface area contributed by atoms with Crippen LogP contribution >= 0.6 is 0 Å². The average molecular weight is 238 g/mol. The maximum atomic E-state index is 9.43. The predicted molar refractivity (Wildman–Crippen MR) is 73.9 cm³/mol. The first-order valence-corrected chi connectivity index (χ1v) is 6.31. The Hall–Kier alpha value is -0.860. The summed E-state index contributed by atoms with van der Waals surface area (Å²) in [5.41, 5.74) is -0.708. The molecule has 2 heteroatoms. The van der Waals surface area contributed by atoms with Gasteiger partial charge in [0.1, 0.15) is 0 Å². The summed E-state index contributed by atoms with van der Waals surface area (Å²) in [6.07, 6.45) is 15.0. The number of unbranched alkanes of at least 4 members (excludes halogenated alkanes) is 1. The van der Waals surface area contributed by atoms with Gasteiger partial charge in [0, 0.05) is 0 Å². The van der Waals surface area contributed by atoms with Crippen LogP contribution < -0.4 is 0 Å². The van der Waals surface area contributed by atoms with E-state index in [4.69, 9.17) is 0 Å². The second kappa shape index (κ2) is 9.20. The van der Waals surface area contributed by atoms with Crippen LogP contribution in [0.5, 0.6) is 0 Å². The summed E-state index contributed by atoms with van der Waals surface area (Å²) in [4.78, 5) is 0. The Kier molecular flexibility index (Phi) is 8.73. The van der Waals surface area contributed by atoms with Crippen molar-refractivity contribution in [3.63, 3.8) is 0 Å². The van der Waals surface area contributed by atoms with Crippen LogP contribution in [0.2, 0.25) is 0 Å². The Labute approximate surface area is 105 Å². The van der Waals surface area contributed by atoms with Gasteiger partial charge in [0.15, 0.2) is 0 Å². The molecule has 17 heavy (non-hydrogen) atoms. The zero-order valence-electron chi connectivity index (χ0n) is 11.3. The first kappa shape index (κ1) is 16.1. The van der Waals surface area contributed by atoms with E-state index in [2.05, 4.69) is 12.2 Å². The van der Waals surface area contributed by atoms with Gasteiger partial charge in [-0.3, -0.25) is 0 Å². The van der Waals surface area contributed by atoms with E-state index in [1.807, 2.05) is 25.2 Å². The third-order valence-corrected chi connectivity index (χ3v) is 2.24. The van der Waals surface area contributed by atoms with Crippen LogP contribution in [0.15, 0.2) is 36.5 Å². The van der Waals surface area contributed by atoms with E-state index in [1.54, 1.807) is 19.9 Å². The van der Waals surface area contributed by atoms with Crippen molar-refractivity contribution < 1.29 is 10.2 Å². The van der Waals surface area contributed by atoms with Crippen LogP contribution in [0.3, 0.4) is 0 Å². The largest absolute Gasteiger partial charge is 0.389 e. The molecule has 0 aliphatic rings. The van der Waals surface area contributed by atoms with E-state index in [0.29, 0.717) is 0 Å². The lowest BCUT2D eigenvalue weighted by Crippen LogP contribution is -2.13. The summed E-state index contributed by atoms with van der Waals surface area (Å²) in [7, 11) is 0. The molecule has 0 aromatic heterocycles. The van der Waals surface area contributed by atoms with E-state index in [1.165, 1.54) is 0 Å². The Morgan fingerprint density at radius 1 is 1.06 bits per heavy atom. The van der Waals surface area contributed by atoms with Gasteiger partial charge in [-0.25, -0.2) is 0 Å². The maximum absolute atomic E-state index is 9.43. The normalized spacial score (nSPS) is 15.4. The minimum absolute atomic E-state index is 0.320. The van der Waals surface area contributed by atoms with Gasteiger partial charge < -0.3 is 10.2 Å². The van der Waals surface area contributed by atoms with E-state index in [9.17, 15) is 10.2 Å². The van der Waals surface area contributed by atoms with Gasteiger partial charge in [-0.15, -0.1) is 0 Å². The van der Waals surface area contributed by atoms with E-state index in [0.717, 1.165) is 25.7 Å². The zero-order valence-corrected chi connectivity index (χ0v) is 11.3. The summed E-state index contributed by atoms with van der Waals surface area (Å²) in [6.45, 7) is 5.44. The molecule has 0 aliphatic carbocycles. The minimum Gasteiger partial charge on any atom is -0.389 e. The molecule has 0 heterocycles. The quantitative estimate of drug-likeness (QED) is 0.503. The third kappa shape index (κ3) is 13.1. The lowest BCUT2D eigenvalue weighted by atomic mass is 10.1. The van der Waals surface area contributed by atoms with Gasteiger partial charge in [0.2, 0.25) is 0 Å². The summed E-state index contributed by atoms with van der Waals surface area (Å²) < 4.78 is 0. The number of hydrogen-bond donors (Lipinski definition) is 2. The van der Waals surface area contributed by atoms with Gasteiger partial charge in [-0.1, -0.05) is 36.5 Å². The molecule has 98 valence electrons. The van der Waals surface area contributed by atoms with Crippen molar-refractivity contribution in [3.8, 4) is 0 Å². The molecule has 0 radical (unpaired) electrons. The summed E-state index contributed by atoms with van der Waals surface area (Å²) in [5, 5.41) is 18.9. The van der Waals surface area contributed by atoms with Gasteiger partial charge >= 0.3 is 0 Å². The number of rotatable bonds is 8. The molecule has 1 unspecified atom stereocenters. The zero-order chi connectivity index (χ0) is 13.1. The number of aliphatic hydroxyl groups is 2. The first-order chi connectivity index (χ1) is 7.95. The van der Waals surface area contributed by atoms with Crippen LogP contribution in [0.1, 0.15) is 46.5 Å². The molecular weight excluding hydrogens is 212 g/mol. The topological polar surface area (TPSA) is 40.5 Å². The van der Waals surface area contributed by atoms with Crippen LogP contribution in [0, 0.1) is 0 Å². The Balaban J connectivity index is 3.53. The SMILES string of the molecule is CC=CC(O)CCC=CCCC=CC(C)(C)O. The second-order valence-corrected chi connectivity index (χ2v) is 4.78. The molecule has 0 aliphatic heterocycles. The molecule has 1 atom stereocenters. The van der Waals surface area contributed by atoms with Crippen molar-refractivity contribution in [2.45, 2.75) is 58.2 Å². The summed E-state index contributed by atoms with van der Waals surface area (Å²) in [6, 6.07) is 0. The highest BCUT2D eigenvalue weighted by atomic mass is 16.3. The molecule has 0 saturated carbocycles. The monoisotopic (exact) mass is 238 g/mol. The second-order valence-electron chi connectivity index (χ2n) is 4.78. The van der Waals surface area contributed by atoms with Crippen molar-refractivity contribution in [2.75, 3.05) is 0 Å². The molecule has 0 saturated heterocycles.